The number of aromatic nitrogens is 2. The fourth-order valence-corrected chi connectivity index (χ4v) is 2.09. The highest BCUT2D eigenvalue weighted by Crippen LogP contribution is 2.24. The Kier molecular flexibility index (Phi) is 4.70. The van der Waals surface area contributed by atoms with E-state index in [1.54, 1.807) is 13.3 Å². The van der Waals surface area contributed by atoms with Crippen molar-refractivity contribution < 1.29 is 4.74 Å². The molecule has 0 saturated carbocycles. The number of thiocarbonyl (C=S) groups is 1. The van der Waals surface area contributed by atoms with Gasteiger partial charge in [-0.3, -0.25) is 4.68 Å². The van der Waals surface area contributed by atoms with Crippen LogP contribution in [0.25, 0.3) is 0 Å². The van der Waals surface area contributed by atoms with E-state index < -0.39 is 0 Å². The summed E-state index contributed by atoms with van der Waals surface area (Å²) in [5, 5.41) is 7.59. The molecule has 0 amide bonds. The van der Waals surface area contributed by atoms with Gasteiger partial charge in [-0.05, 0) is 18.6 Å². The Bertz CT molecular complexity index is 609. The maximum absolute atomic E-state index is 5.76. The molecule has 1 aromatic heterocycles. The molecule has 0 radical (unpaired) electrons. The number of hydrogen-bond donors (Lipinski definition) is 2. The summed E-state index contributed by atoms with van der Waals surface area (Å²) in [6.45, 7) is 3.36. The molecule has 5 nitrogen and oxygen atoms in total. The summed E-state index contributed by atoms with van der Waals surface area (Å²) in [7, 11) is 1.67. The van der Waals surface area contributed by atoms with E-state index in [0.29, 0.717) is 18.1 Å². The standard InChI is InChI=1S/C14H18N4OS/c1-10-4-3-5-12(14(15)20)13(10)17-11-8-16-18(9-11)6-7-19-2/h3-5,8-9,17H,6-7H2,1-2H3,(H2,15,20). The minimum absolute atomic E-state index is 0.378. The van der Waals surface area contributed by atoms with Gasteiger partial charge in [-0.1, -0.05) is 24.4 Å². The van der Waals surface area contributed by atoms with Crippen molar-refractivity contribution in [3.63, 3.8) is 0 Å². The third-order valence-electron chi connectivity index (χ3n) is 2.97. The summed E-state index contributed by atoms with van der Waals surface area (Å²) in [6.07, 6.45) is 3.69. The van der Waals surface area contributed by atoms with Gasteiger partial charge in [-0.2, -0.15) is 5.10 Å². The molecule has 106 valence electrons. The predicted octanol–water partition coefficient (Wildman–Crippen LogP) is 2.22. The van der Waals surface area contributed by atoms with E-state index in [1.165, 1.54) is 0 Å². The molecule has 2 rings (SSSR count). The van der Waals surface area contributed by atoms with Crippen LogP contribution in [0.15, 0.2) is 30.6 Å². The second-order valence-corrected chi connectivity index (χ2v) is 4.91. The van der Waals surface area contributed by atoms with Crippen LogP contribution in [0.3, 0.4) is 0 Å². The Morgan fingerprint density at radius 1 is 1.50 bits per heavy atom. The zero-order chi connectivity index (χ0) is 14.5. The van der Waals surface area contributed by atoms with Crippen molar-refractivity contribution >= 4 is 28.6 Å². The molecule has 2 aromatic rings. The number of aryl methyl sites for hydroxylation is 1. The zero-order valence-corrected chi connectivity index (χ0v) is 12.4. The maximum Gasteiger partial charge on any atom is 0.106 e. The van der Waals surface area contributed by atoms with Crippen molar-refractivity contribution in [3.8, 4) is 0 Å². The van der Waals surface area contributed by atoms with Gasteiger partial charge < -0.3 is 15.8 Å². The number of nitrogens with two attached hydrogens (primary N) is 1. The molecule has 0 bridgehead atoms. The lowest BCUT2D eigenvalue weighted by molar-refractivity contribution is 0.183. The molecule has 1 heterocycles. The molecule has 0 aliphatic rings. The van der Waals surface area contributed by atoms with Gasteiger partial charge in [0, 0.05) is 18.9 Å². The van der Waals surface area contributed by atoms with Gasteiger partial charge in [0.15, 0.2) is 0 Å². The van der Waals surface area contributed by atoms with Crippen LogP contribution in [-0.4, -0.2) is 28.5 Å². The van der Waals surface area contributed by atoms with Gasteiger partial charge in [0.2, 0.25) is 0 Å². The second-order valence-electron chi connectivity index (χ2n) is 4.47. The molecule has 20 heavy (non-hydrogen) atoms. The normalized spacial score (nSPS) is 10.5. The van der Waals surface area contributed by atoms with E-state index in [2.05, 4.69) is 10.4 Å². The molecule has 6 heteroatoms. The quantitative estimate of drug-likeness (QED) is 0.799. The summed E-state index contributed by atoms with van der Waals surface area (Å²) in [6, 6.07) is 5.86. The predicted molar refractivity (Wildman–Crippen MR) is 84.5 cm³/mol. The van der Waals surface area contributed by atoms with Crippen LogP contribution in [-0.2, 0) is 11.3 Å². The van der Waals surface area contributed by atoms with Gasteiger partial charge in [-0.25, -0.2) is 0 Å². The average Bonchev–Trinajstić information content (AvgIpc) is 2.86. The first-order chi connectivity index (χ1) is 9.61. The number of anilines is 2. The van der Waals surface area contributed by atoms with E-state index in [0.717, 1.165) is 22.5 Å². The van der Waals surface area contributed by atoms with Crippen molar-refractivity contribution in [1.82, 2.24) is 9.78 Å². The number of methoxy groups -OCH3 is 1. The van der Waals surface area contributed by atoms with E-state index in [9.17, 15) is 0 Å². The van der Waals surface area contributed by atoms with Gasteiger partial charge in [-0.15, -0.1) is 0 Å². The SMILES string of the molecule is COCCn1cc(Nc2c(C)cccc2C(N)=S)cn1. The number of para-hydroxylation sites is 1. The maximum atomic E-state index is 5.76. The highest BCUT2D eigenvalue weighted by molar-refractivity contribution is 7.80. The van der Waals surface area contributed by atoms with Gasteiger partial charge in [0.1, 0.15) is 4.99 Å². The van der Waals surface area contributed by atoms with E-state index in [4.69, 9.17) is 22.7 Å². The smallest absolute Gasteiger partial charge is 0.106 e. The lowest BCUT2D eigenvalue weighted by Gasteiger charge is -2.12. The monoisotopic (exact) mass is 290 g/mol. The van der Waals surface area contributed by atoms with Gasteiger partial charge in [0.05, 0.1) is 30.7 Å². The molecule has 0 spiro atoms. The van der Waals surface area contributed by atoms with Gasteiger partial charge in [0.25, 0.3) is 0 Å². The molecule has 0 fully saturated rings. The second kappa shape index (κ2) is 6.49. The summed E-state index contributed by atoms with van der Waals surface area (Å²) in [5.74, 6) is 0. The minimum atomic E-state index is 0.378. The van der Waals surface area contributed by atoms with Crippen molar-refractivity contribution in [2.45, 2.75) is 13.5 Å². The summed E-state index contributed by atoms with van der Waals surface area (Å²) < 4.78 is 6.85. The number of nitrogens with zero attached hydrogens (tertiary/aromatic N) is 2. The number of rotatable bonds is 6. The summed E-state index contributed by atoms with van der Waals surface area (Å²) in [5.41, 5.74) is 9.50. The summed E-state index contributed by atoms with van der Waals surface area (Å²) in [4.78, 5) is 0.378. The fourth-order valence-electron chi connectivity index (χ4n) is 1.92. The third kappa shape index (κ3) is 3.34. The Morgan fingerprint density at radius 3 is 3.00 bits per heavy atom. The van der Waals surface area contributed by atoms with Crippen LogP contribution < -0.4 is 11.1 Å². The Morgan fingerprint density at radius 2 is 2.30 bits per heavy atom. The lowest BCUT2D eigenvalue weighted by Crippen LogP contribution is -2.12. The molecular weight excluding hydrogens is 272 g/mol. The van der Waals surface area contributed by atoms with Crippen molar-refractivity contribution in [1.29, 1.82) is 0 Å². The van der Waals surface area contributed by atoms with Gasteiger partial charge >= 0.3 is 0 Å². The zero-order valence-electron chi connectivity index (χ0n) is 11.6. The molecule has 0 saturated heterocycles. The van der Waals surface area contributed by atoms with Crippen LogP contribution in [0.5, 0.6) is 0 Å². The van der Waals surface area contributed by atoms with E-state index in [-0.39, 0.29) is 0 Å². The lowest BCUT2D eigenvalue weighted by atomic mass is 10.1. The summed E-state index contributed by atoms with van der Waals surface area (Å²) >= 11 is 5.09. The number of benzene rings is 1. The number of ether oxygens (including phenoxy) is 1. The number of hydrogen-bond acceptors (Lipinski definition) is 4. The molecule has 0 atom stereocenters. The van der Waals surface area contributed by atoms with Crippen LogP contribution in [0.2, 0.25) is 0 Å². The van der Waals surface area contributed by atoms with Crippen LogP contribution in [0, 0.1) is 6.92 Å². The first kappa shape index (κ1) is 14.5. The Balaban J connectivity index is 2.21. The molecule has 0 unspecified atom stereocenters. The van der Waals surface area contributed by atoms with Crippen LogP contribution >= 0.6 is 12.2 Å². The van der Waals surface area contributed by atoms with E-state index in [1.807, 2.05) is 36.0 Å². The van der Waals surface area contributed by atoms with Crippen molar-refractivity contribution in [3.05, 3.63) is 41.7 Å². The topological polar surface area (TPSA) is 65.1 Å². The first-order valence-electron chi connectivity index (χ1n) is 6.29. The fraction of sp³-hybridized carbons (Fsp3) is 0.286. The molecule has 0 aliphatic carbocycles. The Hall–Kier alpha value is -1.92. The third-order valence-corrected chi connectivity index (χ3v) is 3.19. The first-order valence-corrected chi connectivity index (χ1v) is 6.70. The average molecular weight is 290 g/mol. The molecular formula is C14H18N4OS. The minimum Gasteiger partial charge on any atom is -0.389 e. The molecule has 0 aliphatic heterocycles. The van der Waals surface area contributed by atoms with E-state index >= 15 is 0 Å². The largest absolute Gasteiger partial charge is 0.389 e. The molecule has 3 N–H and O–H groups in total. The molecule has 1 aromatic carbocycles. The Labute approximate surface area is 123 Å². The highest BCUT2D eigenvalue weighted by atomic mass is 32.1. The van der Waals surface area contributed by atoms with Crippen molar-refractivity contribution in [2.24, 2.45) is 5.73 Å². The number of nitrogens with one attached hydrogen (secondary N) is 1. The van der Waals surface area contributed by atoms with Crippen molar-refractivity contribution in [2.75, 3.05) is 19.0 Å². The highest BCUT2D eigenvalue weighted by Gasteiger charge is 2.09. The van der Waals surface area contributed by atoms with Crippen LogP contribution in [0.1, 0.15) is 11.1 Å². The van der Waals surface area contributed by atoms with Crippen LogP contribution in [0.4, 0.5) is 11.4 Å².